The van der Waals surface area contributed by atoms with Gasteiger partial charge in [0.1, 0.15) is 11.8 Å². The fourth-order valence-electron chi connectivity index (χ4n) is 7.58. The largest absolute Gasteiger partial charge is 0.456 e. The molecule has 0 radical (unpaired) electrons. The smallest absolute Gasteiger partial charge is 0.343 e. The van der Waals surface area contributed by atoms with Gasteiger partial charge < -0.3 is 9.47 Å². The van der Waals surface area contributed by atoms with E-state index < -0.39 is 42.2 Å². The fourth-order valence-corrected chi connectivity index (χ4v) is 7.87. The predicted octanol–water partition coefficient (Wildman–Crippen LogP) is 7.25. The number of Topliss-reactive ketones (excluding diaryl/α,β-unsaturated/α-hetero) is 1. The van der Waals surface area contributed by atoms with Gasteiger partial charge in [0.15, 0.2) is 12.4 Å². The van der Waals surface area contributed by atoms with Gasteiger partial charge in [-0.05, 0) is 77.1 Å². The number of esters is 2. The SMILES string of the molecule is CC(C)CC(C(=O)OCC(=O)c1ccc(OC(=O)c2ccc(Cl)c(Cl)c2)cc1)N1C(=O)C2C3c4ccccc4C(c4ccccc43)C2C1=O. The van der Waals surface area contributed by atoms with Gasteiger partial charge >= 0.3 is 11.9 Å². The second kappa shape index (κ2) is 12.9. The summed E-state index contributed by atoms with van der Waals surface area (Å²) in [7, 11) is 0. The Kier molecular flexibility index (Phi) is 8.63. The summed E-state index contributed by atoms with van der Waals surface area (Å²) in [6.07, 6.45) is 0.193. The first kappa shape index (κ1) is 32.7. The number of ether oxygens (including phenoxy) is 2. The molecule has 1 fully saturated rings. The molecule has 8 rings (SSSR count). The quantitative estimate of drug-likeness (QED) is 0.0786. The Bertz CT molecular complexity index is 1910. The second-order valence-corrected chi connectivity index (χ2v) is 13.8. The summed E-state index contributed by atoms with van der Waals surface area (Å²) in [4.78, 5) is 68.9. The van der Waals surface area contributed by atoms with Gasteiger partial charge in [-0.15, -0.1) is 0 Å². The molecule has 4 aliphatic rings. The molecule has 4 aromatic carbocycles. The molecule has 1 heterocycles. The molecule has 0 saturated carbocycles. The van der Waals surface area contributed by atoms with Crippen LogP contribution in [-0.4, -0.2) is 47.1 Å². The average molecular weight is 697 g/mol. The Morgan fingerprint density at radius 3 is 1.71 bits per heavy atom. The van der Waals surface area contributed by atoms with E-state index >= 15 is 0 Å². The van der Waals surface area contributed by atoms with Gasteiger partial charge in [-0.3, -0.25) is 19.3 Å². The van der Waals surface area contributed by atoms with Crippen molar-refractivity contribution in [2.45, 2.75) is 38.1 Å². The molecule has 10 heteroatoms. The van der Waals surface area contributed by atoms with Crippen LogP contribution >= 0.6 is 23.2 Å². The van der Waals surface area contributed by atoms with Crippen molar-refractivity contribution in [1.82, 2.24) is 4.90 Å². The lowest BCUT2D eigenvalue weighted by molar-refractivity contribution is -0.158. The van der Waals surface area contributed by atoms with Crippen molar-refractivity contribution in [3.63, 3.8) is 0 Å². The topological polar surface area (TPSA) is 107 Å². The van der Waals surface area contributed by atoms with E-state index in [9.17, 15) is 24.0 Å². The Balaban J connectivity index is 1.06. The number of carbonyl (C=O) groups is 5. The number of nitrogens with zero attached hydrogens (tertiary/aromatic N) is 1. The first-order valence-corrected chi connectivity index (χ1v) is 16.8. The van der Waals surface area contributed by atoms with Crippen LogP contribution in [0.3, 0.4) is 0 Å². The predicted molar refractivity (Wildman–Crippen MR) is 182 cm³/mol. The van der Waals surface area contributed by atoms with Crippen LogP contribution in [0, 0.1) is 17.8 Å². The van der Waals surface area contributed by atoms with Crippen molar-refractivity contribution < 1.29 is 33.4 Å². The molecule has 2 bridgehead atoms. The molecule has 49 heavy (non-hydrogen) atoms. The zero-order valence-corrected chi connectivity index (χ0v) is 28.1. The molecule has 0 spiro atoms. The van der Waals surface area contributed by atoms with Crippen molar-refractivity contribution in [3.05, 3.63) is 134 Å². The van der Waals surface area contributed by atoms with Gasteiger partial charge in [0.2, 0.25) is 11.8 Å². The third kappa shape index (κ3) is 5.73. The van der Waals surface area contributed by atoms with E-state index in [0.717, 1.165) is 27.2 Å². The van der Waals surface area contributed by atoms with Crippen LogP contribution in [0.15, 0.2) is 91.0 Å². The molecule has 1 aliphatic heterocycles. The number of amides is 2. The highest BCUT2D eigenvalue weighted by Gasteiger charge is 2.63. The maximum Gasteiger partial charge on any atom is 0.343 e. The molecular formula is C39H31Cl2NO7. The summed E-state index contributed by atoms with van der Waals surface area (Å²) in [6.45, 7) is 3.20. The molecule has 3 unspecified atom stereocenters. The van der Waals surface area contributed by atoms with Crippen LogP contribution in [-0.2, 0) is 19.1 Å². The number of hydrogen-bond acceptors (Lipinski definition) is 7. The average Bonchev–Trinajstić information content (AvgIpc) is 3.36. The Hall–Kier alpha value is -4.79. The van der Waals surface area contributed by atoms with Crippen LogP contribution in [0.5, 0.6) is 5.75 Å². The Labute approximate surface area is 292 Å². The minimum absolute atomic E-state index is 0.0539. The first-order chi connectivity index (χ1) is 23.5. The number of hydrogen-bond donors (Lipinski definition) is 0. The molecular weight excluding hydrogens is 665 g/mol. The molecule has 2 amide bonds. The maximum absolute atomic E-state index is 14.3. The van der Waals surface area contributed by atoms with Crippen LogP contribution in [0.2, 0.25) is 10.0 Å². The minimum Gasteiger partial charge on any atom is -0.456 e. The third-order valence-corrected chi connectivity index (χ3v) is 10.4. The van der Waals surface area contributed by atoms with Gasteiger partial charge in [-0.2, -0.15) is 0 Å². The zero-order chi connectivity index (χ0) is 34.6. The summed E-state index contributed by atoms with van der Waals surface area (Å²) >= 11 is 11.9. The number of halogens is 2. The number of benzene rings is 4. The maximum atomic E-state index is 14.3. The number of carbonyl (C=O) groups excluding carboxylic acids is 5. The van der Waals surface area contributed by atoms with E-state index in [4.69, 9.17) is 32.7 Å². The van der Waals surface area contributed by atoms with Crippen molar-refractivity contribution in [3.8, 4) is 5.75 Å². The van der Waals surface area contributed by atoms with E-state index in [-0.39, 0.29) is 57.9 Å². The molecule has 248 valence electrons. The van der Waals surface area contributed by atoms with Crippen molar-refractivity contribution in [2.24, 2.45) is 17.8 Å². The summed E-state index contributed by atoms with van der Waals surface area (Å²) in [5, 5.41) is 0.514. The van der Waals surface area contributed by atoms with Crippen LogP contribution in [0.4, 0.5) is 0 Å². The lowest BCUT2D eigenvalue weighted by Crippen LogP contribution is -2.47. The van der Waals surface area contributed by atoms with Crippen LogP contribution in [0.1, 0.15) is 75.1 Å². The van der Waals surface area contributed by atoms with Gasteiger partial charge in [0, 0.05) is 17.4 Å². The van der Waals surface area contributed by atoms with E-state index in [0.29, 0.717) is 5.02 Å². The van der Waals surface area contributed by atoms with Crippen molar-refractivity contribution >= 4 is 52.7 Å². The number of ketones is 1. The molecule has 1 saturated heterocycles. The minimum atomic E-state index is -1.17. The first-order valence-electron chi connectivity index (χ1n) is 16.1. The Morgan fingerprint density at radius 1 is 0.714 bits per heavy atom. The Morgan fingerprint density at radius 2 is 1.22 bits per heavy atom. The second-order valence-electron chi connectivity index (χ2n) is 13.0. The summed E-state index contributed by atoms with van der Waals surface area (Å²) in [5.74, 6) is -4.45. The highest BCUT2D eigenvalue weighted by molar-refractivity contribution is 6.42. The zero-order valence-electron chi connectivity index (χ0n) is 26.6. The lowest BCUT2D eigenvalue weighted by atomic mass is 9.55. The summed E-state index contributed by atoms with van der Waals surface area (Å²) in [5.41, 5.74) is 4.58. The van der Waals surface area contributed by atoms with E-state index in [1.54, 1.807) is 0 Å². The normalized spacial score (nSPS) is 20.8. The highest BCUT2D eigenvalue weighted by Crippen LogP contribution is 2.61. The van der Waals surface area contributed by atoms with Gasteiger partial charge in [0.05, 0.1) is 27.4 Å². The van der Waals surface area contributed by atoms with Gasteiger partial charge in [-0.25, -0.2) is 9.59 Å². The summed E-state index contributed by atoms with van der Waals surface area (Å²) < 4.78 is 10.9. The standard InChI is InChI=1S/C39H31Cl2NO7/c1-20(2)17-30(39(47)48-19-31(43)21-11-14-23(15-12-21)49-38(46)22-13-16-28(40)29(41)18-22)42-36(44)34-32-24-7-3-4-8-25(24)33(35(34)37(42)45)27-10-6-5-9-26(27)32/h3-16,18,20,30,32-35H,17,19H2,1-2H3. The number of imide groups is 1. The van der Waals surface area contributed by atoms with Gasteiger partial charge in [0.25, 0.3) is 0 Å². The van der Waals surface area contributed by atoms with Crippen molar-refractivity contribution in [2.75, 3.05) is 6.61 Å². The van der Waals surface area contributed by atoms with E-state index in [1.807, 2.05) is 62.4 Å². The molecule has 3 atom stereocenters. The van der Waals surface area contributed by atoms with E-state index in [1.165, 1.54) is 42.5 Å². The monoisotopic (exact) mass is 695 g/mol. The van der Waals surface area contributed by atoms with Gasteiger partial charge in [-0.1, -0.05) is 85.6 Å². The number of likely N-dealkylation sites (tertiary alicyclic amines) is 1. The fraction of sp³-hybridized carbons (Fsp3) is 0.256. The molecule has 0 N–H and O–H groups in total. The number of rotatable bonds is 9. The molecule has 3 aliphatic carbocycles. The third-order valence-electron chi connectivity index (χ3n) is 9.65. The highest BCUT2D eigenvalue weighted by atomic mass is 35.5. The molecule has 4 aromatic rings. The molecule has 8 nitrogen and oxygen atoms in total. The molecule has 0 aromatic heterocycles. The van der Waals surface area contributed by atoms with Crippen LogP contribution in [0.25, 0.3) is 0 Å². The van der Waals surface area contributed by atoms with Crippen molar-refractivity contribution in [1.29, 1.82) is 0 Å². The van der Waals surface area contributed by atoms with E-state index in [2.05, 4.69) is 0 Å². The lowest BCUT2D eigenvalue weighted by Gasteiger charge is -2.45. The van der Waals surface area contributed by atoms with Crippen LogP contribution < -0.4 is 4.74 Å². The summed E-state index contributed by atoms with van der Waals surface area (Å²) in [6, 6.07) is 24.9.